The monoisotopic (exact) mass is 433 g/mol. The molecule has 6 nitrogen and oxygen atoms in total. The first kappa shape index (κ1) is 21.8. The van der Waals surface area contributed by atoms with Crippen molar-refractivity contribution in [2.75, 3.05) is 25.5 Å². The Balaban J connectivity index is 1.43. The highest BCUT2D eigenvalue weighted by molar-refractivity contribution is 6.05. The van der Waals surface area contributed by atoms with Gasteiger partial charge in [-0.15, -0.1) is 0 Å². The highest BCUT2D eigenvalue weighted by Gasteiger charge is 2.12. The third-order valence-electron chi connectivity index (χ3n) is 5.93. The molecule has 166 valence electrons. The number of nitrogens with zero attached hydrogens (tertiary/aromatic N) is 2. The van der Waals surface area contributed by atoms with Gasteiger partial charge in [0.05, 0.1) is 5.69 Å². The van der Waals surface area contributed by atoms with E-state index in [0.717, 1.165) is 53.9 Å². The number of hydrogen-bond donors (Lipinski definition) is 3. The first-order valence-corrected chi connectivity index (χ1v) is 10.8. The summed E-state index contributed by atoms with van der Waals surface area (Å²) in [6, 6.07) is 11.4. The fourth-order valence-corrected chi connectivity index (χ4v) is 3.95. The number of carbonyl (C=O) groups is 1. The maximum Gasteiger partial charge on any atom is 0.255 e. The fourth-order valence-electron chi connectivity index (χ4n) is 3.95. The molecule has 0 aliphatic heterocycles. The van der Waals surface area contributed by atoms with E-state index < -0.39 is 0 Å². The molecule has 0 aliphatic rings. The number of carbonyl (C=O) groups excluding carboxylic acids is 1. The molecule has 0 saturated carbocycles. The van der Waals surface area contributed by atoms with Gasteiger partial charge in [0.25, 0.3) is 5.91 Å². The van der Waals surface area contributed by atoms with E-state index in [4.69, 9.17) is 0 Å². The molecule has 2 heterocycles. The number of halogens is 1. The minimum atomic E-state index is -0.361. The Labute approximate surface area is 186 Å². The minimum Gasteiger partial charge on any atom is -0.358 e. The predicted octanol–water partition coefficient (Wildman–Crippen LogP) is 4.62. The first-order valence-electron chi connectivity index (χ1n) is 10.8. The van der Waals surface area contributed by atoms with Crippen molar-refractivity contribution in [1.82, 2.24) is 20.1 Å². The maximum absolute atomic E-state index is 13.1. The second-order valence-electron chi connectivity index (χ2n) is 8.25. The number of hydrogen-bond acceptors (Lipinski definition) is 3. The molecular formula is C25H28FN5O. The van der Waals surface area contributed by atoms with Crippen molar-refractivity contribution in [1.29, 1.82) is 0 Å². The number of aromatic amines is 2. The van der Waals surface area contributed by atoms with Crippen LogP contribution in [0.15, 0.2) is 48.7 Å². The zero-order valence-electron chi connectivity index (χ0n) is 18.6. The van der Waals surface area contributed by atoms with Gasteiger partial charge in [0.15, 0.2) is 0 Å². The molecule has 7 heteroatoms. The largest absolute Gasteiger partial charge is 0.358 e. The molecule has 0 radical (unpaired) electrons. The van der Waals surface area contributed by atoms with E-state index in [9.17, 15) is 9.18 Å². The van der Waals surface area contributed by atoms with Gasteiger partial charge >= 0.3 is 0 Å². The quantitative estimate of drug-likeness (QED) is 0.380. The van der Waals surface area contributed by atoms with Gasteiger partial charge in [0.1, 0.15) is 5.82 Å². The van der Waals surface area contributed by atoms with Crippen molar-refractivity contribution in [3.63, 3.8) is 0 Å². The molecule has 2 aromatic heterocycles. The van der Waals surface area contributed by atoms with Gasteiger partial charge < -0.3 is 15.2 Å². The summed E-state index contributed by atoms with van der Waals surface area (Å²) in [5, 5.41) is 11.1. The predicted molar refractivity (Wildman–Crippen MR) is 126 cm³/mol. The van der Waals surface area contributed by atoms with Crippen LogP contribution in [0.5, 0.6) is 0 Å². The Hall–Kier alpha value is -3.45. The molecule has 1 amide bonds. The van der Waals surface area contributed by atoms with Crippen LogP contribution in [0.25, 0.3) is 10.9 Å². The SMILES string of the molecule is Cc1n[nH]cc1CCN(C)CCc1c(C)[nH]c2ccc(NC(=O)c3ccc(F)cc3)cc12. The fraction of sp³-hybridized carbons (Fsp3) is 0.280. The van der Waals surface area contributed by atoms with E-state index in [0.29, 0.717) is 5.56 Å². The number of likely N-dealkylation sites (N-methyl/N-ethyl adjacent to an activating group) is 1. The summed E-state index contributed by atoms with van der Waals surface area (Å²) >= 11 is 0. The lowest BCUT2D eigenvalue weighted by atomic mass is 10.1. The normalized spacial score (nSPS) is 11.4. The highest BCUT2D eigenvalue weighted by atomic mass is 19.1. The third kappa shape index (κ3) is 4.89. The van der Waals surface area contributed by atoms with Gasteiger partial charge in [-0.1, -0.05) is 0 Å². The Kier molecular flexibility index (Phi) is 6.37. The van der Waals surface area contributed by atoms with Crippen molar-refractivity contribution >= 4 is 22.5 Å². The number of aromatic nitrogens is 3. The van der Waals surface area contributed by atoms with Crippen molar-refractivity contribution in [3.05, 3.63) is 82.6 Å². The molecule has 32 heavy (non-hydrogen) atoms. The van der Waals surface area contributed by atoms with E-state index in [1.807, 2.05) is 31.3 Å². The van der Waals surface area contributed by atoms with Gasteiger partial charge in [-0.05, 0) is 87.3 Å². The summed E-state index contributed by atoms with van der Waals surface area (Å²) in [5.41, 5.74) is 6.89. The zero-order valence-corrected chi connectivity index (χ0v) is 18.6. The number of H-pyrrole nitrogens is 2. The molecular weight excluding hydrogens is 405 g/mol. The summed E-state index contributed by atoms with van der Waals surface area (Å²) in [4.78, 5) is 18.3. The van der Waals surface area contributed by atoms with Crippen LogP contribution in [0, 0.1) is 19.7 Å². The van der Waals surface area contributed by atoms with Gasteiger partial charge in [-0.2, -0.15) is 5.10 Å². The van der Waals surface area contributed by atoms with E-state index in [1.54, 1.807) is 0 Å². The van der Waals surface area contributed by atoms with Crippen molar-refractivity contribution in [3.8, 4) is 0 Å². The number of nitrogens with one attached hydrogen (secondary N) is 3. The summed E-state index contributed by atoms with van der Waals surface area (Å²) in [5.74, 6) is -0.618. The number of rotatable bonds is 8. The average Bonchev–Trinajstić information content (AvgIpc) is 3.32. The molecule has 0 bridgehead atoms. The van der Waals surface area contributed by atoms with Gasteiger partial charge in [0, 0.05) is 47.1 Å². The molecule has 0 saturated heterocycles. The molecule has 0 fully saturated rings. The van der Waals surface area contributed by atoms with Gasteiger partial charge in [-0.3, -0.25) is 9.89 Å². The summed E-state index contributed by atoms with van der Waals surface area (Å²) in [7, 11) is 2.13. The van der Waals surface area contributed by atoms with Gasteiger partial charge in [0.2, 0.25) is 0 Å². The summed E-state index contributed by atoms with van der Waals surface area (Å²) < 4.78 is 13.1. The van der Waals surface area contributed by atoms with Crippen molar-refractivity contribution in [2.24, 2.45) is 0 Å². The Bertz CT molecular complexity index is 1230. The summed E-state index contributed by atoms with van der Waals surface area (Å²) in [6.07, 6.45) is 3.84. The Morgan fingerprint density at radius 3 is 2.56 bits per heavy atom. The minimum absolute atomic E-state index is 0.257. The topological polar surface area (TPSA) is 76.8 Å². The molecule has 0 spiro atoms. The van der Waals surface area contributed by atoms with Crippen LogP contribution in [-0.4, -0.2) is 46.1 Å². The van der Waals surface area contributed by atoms with Crippen LogP contribution in [0.1, 0.15) is 32.9 Å². The Morgan fingerprint density at radius 2 is 1.84 bits per heavy atom. The molecule has 4 rings (SSSR count). The molecule has 0 unspecified atom stereocenters. The summed E-state index contributed by atoms with van der Waals surface area (Å²) in [6.45, 7) is 5.99. The molecule has 3 N–H and O–H groups in total. The van der Waals surface area contributed by atoms with Crippen molar-refractivity contribution < 1.29 is 9.18 Å². The molecule has 2 aromatic carbocycles. The Morgan fingerprint density at radius 1 is 1.09 bits per heavy atom. The second kappa shape index (κ2) is 9.36. The molecule has 0 atom stereocenters. The lowest BCUT2D eigenvalue weighted by Crippen LogP contribution is -2.24. The zero-order chi connectivity index (χ0) is 22.7. The van der Waals surface area contributed by atoms with Gasteiger partial charge in [-0.25, -0.2) is 4.39 Å². The van der Waals surface area contributed by atoms with E-state index in [2.05, 4.69) is 39.4 Å². The van der Waals surface area contributed by atoms with Crippen LogP contribution in [0.4, 0.5) is 10.1 Å². The van der Waals surface area contributed by atoms with Crippen molar-refractivity contribution in [2.45, 2.75) is 26.7 Å². The lowest BCUT2D eigenvalue weighted by molar-refractivity contribution is 0.102. The molecule has 4 aromatic rings. The van der Waals surface area contributed by atoms with E-state index in [-0.39, 0.29) is 11.7 Å². The number of benzene rings is 2. The lowest BCUT2D eigenvalue weighted by Gasteiger charge is -2.16. The standard InChI is InChI=1S/C25H28FN5O/c1-16-19(15-27-30-16)10-12-31(3)13-11-22-17(2)28-24-9-8-21(14-23(22)24)29-25(32)18-4-6-20(26)7-5-18/h4-9,14-15,28H,10-13H2,1-3H3,(H,27,30)(H,29,32). The van der Waals surface area contributed by atoms with Crippen LogP contribution >= 0.6 is 0 Å². The average molecular weight is 434 g/mol. The third-order valence-corrected chi connectivity index (χ3v) is 5.93. The van der Waals surface area contributed by atoms with Crippen LogP contribution in [-0.2, 0) is 12.8 Å². The van der Waals surface area contributed by atoms with Crippen LogP contribution in [0.2, 0.25) is 0 Å². The van der Waals surface area contributed by atoms with Crippen LogP contribution in [0.3, 0.4) is 0 Å². The van der Waals surface area contributed by atoms with E-state index >= 15 is 0 Å². The van der Waals surface area contributed by atoms with E-state index in [1.165, 1.54) is 35.4 Å². The smallest absolute Gasteiger partial charge is 0.255 e. The first-order chi connectivity index (χ1) is 15.4. The number of anilines is 1. The maximum atomic E-state index is 13.1. The number of fused-ring (bicyclic) bond motifs is 1. The number of amides is 1. The number of aryl methyl sites for hydroxylation is 2. The highest BCUT2D eigenvalue weighted by Crippen LogP contribution is 2.26. The second-order valence-corrected chi connectivity index (χ2v) is 8.25. The molecule has 0 aliphatic carbocycles. The van der Waals surface area contributed by atoms with Crippen LogP contribution < -0.4 is 5.32 Å².